The fourth-order valence-electron chi connectivity index (χ4n) is 2.52. The number of aryl methyl sites for hydroxylation is 2. The summed E-state index contributed by atoms with van der Waals surface area (Å²) in [7, 11) is 0. The maximum atomic E-state index is 12.5. The Morgan fingerprint density at radius 2 is 1.76 bits per heavy atom. The third-order valence-corrected chi connectivity index (χ3v) is 4.12. The van der Waals surface area contributed by atoms with Gasteiger partial charge < -0.3 is 10.1 Å². The molecule has 2 aromatic rings. The number of amides is 1. The normalized spacial score (nSPS) is 11.9. The van der Waals surface area contributed by atoms with Gasteiger partial charge in [-0.05, 0) is 43.0 Å². The molecule has 0 heterocycles. The van der Waals surface area contributed by atoms with Gasteiger partial charge >= 0.3 is 5.97 Å². The standard InChI is InChI=1S/C21H25NO3/c1-14(2)19(22-20(23)17-11-7-8-15(3)12-17)21(24)25-13-18-10-6-5-9-16(18)4/h5-12,14,19H,13H2,1-4H3,(H,22,23)/t19-/m0/s1. The second-order valence-corrected chi connectivity index (χ2v) is 6.60. The minimum atomic E-state index is -0.683. The summed E-state index contributed by atoms with van der Waals surface area (Å²) >= 11 is 0. The third-order valence-electron chi connectivity index (χ3n) is 4.12. The summed E-state index contributed by atoms with van der Waals surface area (Å²) in [5.41, 5.74) is 3.57. The monoisotopic (exact) mass is 339 g/mol. The van der Waals surface area contributed by atoms with Gasteiger partial charge in [0, 0.05) is 5.56 Å². The van der Waals surface area contributed by atoms with Gasteiger partial charge in [-0.15, -0.1) is 0 Å². The van der Waals surface area contributed by atoms with Crippen molar-refractivity contribution in [2.75, 3.05) is 0 Å². The molecular formula is C21H25NO3. The highest BCUT2D eigenvalue weighted by Gasteiger charge is 2.26. The molecule has 0 spiro atoms. The zero-order valence-corrected chi connectivity index (χ0v) is 15.2. The van der Waals surface area contributed by atoms with Crippen molar-refractivity contribution in [3.63, 3.8) is 0 Å². The van der Waals surface area contributed by atoms with E-state index in [2.05, 4.69) is 5.32 Å². The van der Waals surface area contributed by atoms with E-state index in [0.29, 0.717) is 5.56 Å². The van der Waals surface area contributed by atoms with Crippen LogP contribution in [-0.4, -0.2) is 17.9 Å². The Balaban J connectivity index is 2.03. The SMILES string of the molecule is Cc1cccc(C(=O)N[C@H](C(=O)OCc2ccccc2C)C(C)C)c1. The van der Waals surface area contributed by atoms with Crippen LogP contribution in [0.1, 0.15) is 40.9 Å². The number of hydrogen-bond donors (Lipinski definition) is 1. The molecule has 4 heteroatoms. The van der Waals surface area contributed by atoms with Crippen LogP contribution in [0.3, 0.4) is 0 Å². The molecule has 0 aliphatic heterocycles. The fourth-order valence-corrected chi connectivity index (χ4v) is 2.52. The first-order valence-corrected chi connectivity index (χ1v) is 8.47. The summed E-state index contributed by atoms with van der Waals surface area (Å²) in [4.78, 5) is 24.9. The summed E-state index contributed by atoms with van der Waals surface area (Å²) in [5, 5.41) is 2.80. The van der Waals surface area contributed by atoms with Gasteiger partial charge in [0.15, 0.2) is 0 Å². The highest BCUT2D eigenvalue weighted by molar-refractivity contribution is 5.97. The molecule has 0 saturated heterocycles. The van der Waals surface area contributed by atoms with Gasteiger partial charge in [0.05, 0.1) is 0 Å². The van der Waals surface area contributed by atoms with E-state index in [1.807, 2.05) is 64.1 Å². The molecule has 0 unspecified atom stereocenters. The van der Waals surface area contributed by atoms with Gasteiger partial charge in [0.2, 0.25) is 0 Å². The molecule has 0 fully saturated rings. The molecule has 0 radical (unpaired) electrons. The van der Waals surface area contributed by atoms with Gasteiger partial charge in [0.25, 0.3) is 5.91 Å². The van der Waals surface area contributed by atoms with E-state index in [9.17, 15) is 9.59 Å². The number of rotatable bonds is 6. The van der Waals surface area contributed by atoms with Crippen molar-refractivity contribution in [1.82, 2.24) is 5.32 Å². The van der Waals surface area contributed by atoms with Gasteiger partial charge in [-0.1, -0.05) is 55.8 Å². The second-order valence-electron chi connectivity index (χ2n) is 6.60. The molecule has 132 valence electrons. The predicted octanol–water partition coefficient (Wildman–Crippen LogP) is 3.80. The largest absolute Gasteiger partial charge is 0.459 e. The molecule has 0 bridgehead atoms. The van der Waals surface area contributed by atoms with Crippen molar-refractivity contribution in [3.8, 4) is 0 Å². The van der Waals surface area contributed by atoms with E-state index in [1.54, 1.807) is 12.1 Å². The first-order valence-electron chi connectivity index (χ1n) is 8.47. The van der Waals surface area contributed by atoms with Crippen LogP contribution >= 0.6 is 0 Å². The van der Waals surface area contributed by atoms with Gasteiger partial charge in [-0.2, -0.15) is 0 Å². The highest BCUT2D eigenvalue weighted by atomic mass is 16.5. The molecule has 0 aromatic heterocycles. The molecular weight excluding hydrogens is 314 g/mol. The van der Waals surface area contributed by atoms with Crippen LogP contribution < -0.4 is 5.32 Å². The summed E-state index contributed by atoms with van der Waals surface area (Å²) in [5.74, 6) is -0.757. The van der Waals surface area contributed by atoms with E-state index in [1.165, 1.54) is 0 Å². The van der Waals surface area contributed by atoms with Crippen LogP contribution in [0.25, 0.3) is 0 Å². The van der Waals surface area contributed by atoms with Crippen LogP contribution in [0.2, 0.25) is 0 Å². The Labute approximate surface area is 149 Å². The number of ether oxygens (including phenoxy) is 1. The van der Waals surface area contributed by atoms with Crippen molar-refractivity contribution >= 4 is 11.9 Å². The van der Waals surface area contributed by atoms with E-state index in [4.69, 9.17) is 4.74 Å². The molecule has 1 atom stereocenters. The first-order chi connectivity index (χ1) is 11.9. The van der Waals surface area contributed by atoms with Crippen LogP contribution in [0.4, 0.5) is 0 Å². The molecule has 2 aromatic carbocycles. The van der Waals surface area contributed by atoms with Crippen LogP contribution in [-0.2, 0) is 16.1 Å². The Kier molecular flexibility index (Phi) is 6.34. The molecule has 4 nitrogen and oxygen atoms in total. The maximum Gasteiger partial charge on any atom is 0.329 e. The quantitative estimate of drug-likeness (QED) is 0.815. The second kappa shape index (κ2) is 8.47. The topological polar surface area (TPSA) is 55.4 Å². The minimum Gasteiger partial charge on any atom is -0.459 e. The predicted molar refractivity (Wildman–Crippen MR) is 98.2 cm³/mol. The van der Waals surface area contributed by atoms with E-state index < -0.39 is 12.0 Å². The number of carbonyl (C=O) groups excluding carboxylic acids is 2. The molecule has 0 aliphatic carbocycles. The Hall–Kier alpha value is -2.62. The smallest absolute Gasteiger partial charge is 0.329 e. The molecule has 0 saturated carbocycles. The van der Waals surface area contributed by atoms with E-state index in [0.717, 1.165) is 16.7 Å². The van der Waals surface area contributed by atoms with E-state index >= 15 is 0 Å². The molecule has 1 N–H and O–H groups in total. The lowest BCUT2D eigenvalue weighted by atomic mass is 10.0. The van der Waals surface area contributed by atoms with Crippen molar-refractivity contribution in [2.24, 2.45) is 5.92 Å². The lowest BCUT2D eigenvalue weighted by molar-refractivity contribution is -0.148. The zero-order chi connectivity index (χ0) is 18.4. The Bertz CT molecular complexity index is 752. The molecule has 1 amide bonds. The number of esters is 1. The van der Waals surface area contributed by atoms with Crippen molar-refractivity contribution < 1.29 is 14.3 Å². The summed E-state index contributed by atoms with van der Waals surface area (Å²) in [6, 6.07) is 14.4. The molecule has 0 aliphatic rings. The summed E-state index contributed by atoms with van der Waals surface area (Å²) < 4.78 is 5.44. The fraction of sp³-hybridized carbons (Fsp3) is 0.333. The van der Waals surface area contributed by atoms with Crippen LogP contribution in [0.5, 0.6) is 0 Å². The van der Waals surface area contributed by atoms with Crippen LogP contribution in [0, 0.1) is 19.8 Å². The Morgan fingerprint density at radius 3 is 2.40 bits per heavy atom. The highest BCUT2D eigenvalue weighted by Crippen LogP contribution is 2.12. The summed E-state index contributed by atoms with van der Waals surface area (Å²) in [6.07, 6.45) is 0. The lowest BCUT2D eigenvalue weighted by Crippen LogP contribution is -2.45. The number of nitrogens with one attached hydrogen (secondary N) is 1. The number of benzene rings is 2. The average Bonchev–Trinajstić information content (AvgIpc) is 2.58. The van der Waals surface area contributed by atoms with E-state index in [-0.39, 0.29) is 18.4 Å². The average molecular weight is 339 g/mol. The minimum absolute atomic E-state index is 0.0712. The van der Waals surface area contributed by atoms with Crippen molar-refractivity contribution in [3.05, 3.63) is 70.8 Å². The Morgan fingerprint density at radius 1 is 1.04 bits per heavy atom. The summed E-state index contributed by atoms with van der Waals surface area (Å²) in [6.45, 7) is 7.87. The van der Waals surface area contributed by atoms with Gasteiger partial charge in [-0.25, -0.2) is 4.79 Å². The maximum absolute atomic E-state index is 12.5. The van der Waals surface area contributed by atoms with Gasteiger partial charge in [-0.3, -0.25) is 4.79 Å². The lowest BCUT2D eigenvalue weighted by Gasteiger charge is -2.21. The first kappa shape index (κ1) is 18.7. The molecule has 2 rings (SSSR count). The molecule has 25 heavy (non-hydrogen) atoms. The van der Waals surface area contributed by atoms with Crippen molar-refractivity contribution in [2.45, 2.75) is 40.3 Å². The van der Waals surface area contributed by atoms with Crippen molar-refractivity contribution in [1.29, 1.82) is 0 Å². The third kappa shape index (κ3) is 5.18. The number of carbonyl (C=O) groups is 2. The number of hydrogen-bond acceptors (Lipinski definition) is 3. The van der Waals surface area contributed by atoms with Crippen LogP contribution in [0.15, 0.2) is 48.5 Å². The zero-order valence-electron chi connectivity index (χ0n) is 15.2. The van der Waals surface area contributed by atoms with Gasteiger partial charge in [0.1, 0.15) is 12.6 Å².